The molecular formula is C22H24N2OS. The summed E-state index contributed by atoms with van der Waals surface area (Å²) in [5.74, 6) is 0.545. The van der Waals surface area contributed by atoms with E-state index in [9.17, 15) is 4.79 Å². The molecule has 2 aromatic rings. The van der Waals surface area contributed by atoms with E-state index in [0.717, 1.165) is 27.7 Å². The van der Waals surface area contributed by atoms with Crippen LogP contribution in [-0.2, 0) is 4.79 Å². The van der Waals surface area contributed by atoms with Crippen LogP contribution in [0.1, 0.15) is 44.2 Å². The van der Waals surface area contributed by atoms with Crippen LogP contribution in [0.2, 0.25) is 0 Å². The summed E-state index contributed by atoms with van der Waals surface area (Å²) in [6, 6.07) is 18.2. The maximum absolute atomic E-state index is 12.8. The second kappa shape index (κ2) is 8.37. The summed E-state index contributed by atoms with van der Waals surface area (Å²) in [6.45, 7) is 7.11. The summed E-state index contributed by atoms with van der Waals surface area (Å²) in [4.78, 5) is 20.0. The highest BCUT2D eigenvalue weighted by Gasteiger charge is 2.32. The van der Waals surface area contributed by atoms with E-state index in [-0.39, 0.29) is 5.91 Å². The van der Waals surface area contributed by atoms with Gasteiger partial charge < -0.3 is 0 Å². The summed E-state index contributed by atoms with van der Waals surface area (Å²) in [5, 5.41) is 0.758. The number of amides is 1. The highest BCUT2D eigenvalue weighted by Crippen LogP contribution is 2.34. The fraction of sp³-hybridized carbons (Fsp3) is 0.273. The molecule has 0 bridgehead atoms. The molecule has 1 heterocycles. The van der Waals surface area contributed by atoms with Gasteiger partial charge in [0.1, 0.15) is 0 Å². The van der Waals surface area contributed by atoms with Gasteiger partial charge in [0.25, 0.3) is 5.91 Å². The Balaban J connectivity index is 1.89. The molecule has 134 valence electrons. The van der Waals surface area contributed by atoms with Crippen molar-refractivity contribution in [3.8, 4) is 0 Å². The average Bonchev–Trinajstić information content (AvgIpc) is 2.92. The van der Waals surface area contributed by atoms with Gasteiger partial charge in [-0.3, -0.25) is 9.69 Å². The minimum atomic E-state index is 0.0412. The Morgan fingerprint density at radius 2 is 1.77 bits per heavy atom. The van der Waals surface area contributed by atoms with Gasteiger partial charge in [-0.1, -0.05) is 63.2 Å². The van der Waals surface area contributed by atoms with Crippen LogP contribution >= 0.6 is 11.8 Å². The fourth-order valence-corrected chi connectivity index (χ4v) is 3.78. The number of rotatable bonds is 5. The van der Waals surface area contributed by atoms with Gasteiger partial charge in [-0.25, -0.2) is 4.99 Å². The van der Waals surface area contributed by atoms with Gasteiger partial charge in [0.05, 0.1) is 10.6 Å². The van der Waals surface area contributed by atoms with Crippen LogP contribution in [0.3, 0.4) is 0 Å². The Labute approximate surface area is 159 Å². The minimum Gasteiger partial charge on any atom is -0.286 e. The number of carbonyl (C=O) groups excluding carboxylic acids is 1. The fourth-order valence-electron chi connectivity index (χ4n) is 2.75. The first kappa shape index (κ1) is 18.5. The van der Waals surface area contributed by atoms with Crippen LogP contribution in [0, 0.1) is 0 Å². The van der Waals surface area contributed by atoms with Crippen LogP contribution in [0.5, 0.6) is 0 Å². The number of hydrogen-bond donors (Lipinski definition) is 0. The number of thioether (sulfide) groups is 1. The molecule has 26 heavy (non-hydrogen) atoms. The Kier molecular flexibility index (Phi) is 5.94. The lowest BCUT2D eigenvalue weighted by Gasteiger charge is -2.13. The molecule has 0 atom stereocenters. The number of nitrogens with zero attached hydrogens (tertiary/aromatic N) is 2. The number of para-hydroxylation sites is 1. The largest absolute Gasteiger partial charge is 0.286 e. The highest BCUT2D eigenvalue weighted by atomic mass is 32.2. The Morgan fingerprint density at radius 3 is 2.38 bits per heavy atom. The van der Waals surface area contributed by atoms with Crippen LogP contribution in [-0.4, -0.2) is 22.5 Å². The predicted octanol–water partition coefficient (Wildman–Crippen LogP) is 5.82. The number of hydrogen-bond acceptors (Lipinski definition) is 3. The van der Waals surface area contributed by atoms with Crippen molar-refractivity contribution in [3.05, 3.63) is 70.6 Å². The van der Waals surface area contributed by atoms with Crippen LogP contribution in [0.25, 0.3) is 6.08 Å². The van der Waals surface area contributed by atoms with Gasteiger partial charge in [0.2, 0.25) is 0 Å². The second-order valence-corrected chi connectivity index (χ2v) is 7.63. The van der Waals surface area contributed by atoms with Gasteiger partial charge in [-0.05, 0) is 53.4 Å². The van der Waals surface area contributed by atoms with Crippen LogP contribution in [0.15, 0.2) is 64.5 Å². The summed E-state index contributed by atoms with van der Waals surface area (Å²) in [7, 11) is 0. The topological polar surface area (TPSA) is 32.7 Å². The molecule has 0 N–H and O–H groups in total. The summed E-state index contributed by atoms with van der Waals surface area (Å²) in [6.07, 6.45) is 2.86. The van der Waals surface area contributed by atoms with Crippen molar-refractivity contribution in [3.63, 3.8) is 0 Å². The van der Waals surface area contributed by atoms with Gasteiger partial charge in [0, 0.05) is 6.54 Å². The molecule has 4 heteroatoms. The Morgan fingerprint density at radius 1 is 1.08 bits per heavy atom. The smallest absolute Gasteiger partial charge is 0.266 e. The molecule has 2 aromatic carbocycles. The van der Waals surface area contributed by atoms with Crippen molar-refractivity contribution < 1.29 is 4.79 Å². The second-order valence-electron chi connectivity index (χ2n) is 6.62. The van der Waals surface area contributed by atoms with E-state index in [1.807, 2.05) is 36.4 Å². The van der Waals surface area contributed by atoms with E-state index >= 15 is 0 Å². The first-order chi connectivity index (χ1) is 12.6. The maximum Gasteiger partial charge on any atom is 0.266 e. The normalized spacial score (nSPS) is 17.7. The van der Waals surface area contributed by atoms with Crippen molar-refractivity contribution >= 4 is 34.6 Å². The number of amidine groups is 1. The maximum atomic E-state index is 12.8. The third-order valence-electron chi connectivity index (χ3n) is 4.22. The molecule has 3 rings (SSSR count). The van der Waals surface area contributed by atoms with Gasteiger partial charge >= 0.3 is 0 Å². The summed E-state index contributed by atoms with van der Waals surface area (Å²) < 4.78 is 0. The zero-order chi connectivity index (χ0) is 18.5. The molecule has 0 spiro atoms. The van der Waals surface area contributed by atoms with Crippen molar-refractivity contribution in [1.29, 1.82) is 0 Å². The Bertz CT molecular complexity index is 823. The van der Waals surface area contributed by atoms with Gasteiger partial charge in [0.15, 0.2) is 5.17 Å². The van der Waals surface area contributed by atoms with Crippen molar-refractivity contribution in [2.45, 2.75) is 33.1 Å². The zero-order valence-corrected chi connectivity index (χ0v) is 16.3. The predicted molar refractivity (Wildman–Crippen MR) is 112 cm³/mol. The first-order valence-corrected chi connectivity index (χ1v) is 9.85. The van der Waals surface area contributed by atoms with E-state index in [0.29, 0.717) is 12.5 Å². The molecule has 1 aliphatic rings. The monoisotopic (exact) mass is 364 g/mol. The van der Waals surface area contributed by atoms with Crippen molar-refractivity contribution in [2.24, 2.45) is 4.99 Å². The number of aliphatic imine (C=N–C) groups is 1. The lowest BCUT2D eigenvalue weighted by atomic mass is 10.0. The molecule has 0 radical (unpaired) electrons. The number of carbonyl (C=O) groups is 1. The van der Waals surface area contributed by atoms with E-state index in [2.05, 4.69) is 50.0 Å². The quantitative estimate of drug-likeness (QED) is 0.626. The van der Waals surface area contributed by atoms with Crippen molar-refractivity contribution in [2.75, 3.05) is 6.54 Å². The Hall–Kier alpha value is -2.33. The third-order valence-corrected chi connectivity index (χ3v) is 5.22. The molecule has 1 aliphatic heterocycles. The van der Waals surface area contributed by atoms with Gasteiger partial charge in [-0.2, -0.15) is 0 Å². The lowest BCUT2D eigenvalue weighted by molar-refractivity contribution is -0.122. The summed E-state index contributed by atoms with van der Waals surface area (Å²) >= 11 is 1.45. The average molecular weight is 365 g/mol. The molecule has 1 amide bonds. The van der Waals surface area contributed by atoms with Crippen LogP contribution < -0.4 is 0 Å². The molecular weight excluding hydrogens is 340 g/mol. The molecule has 1 fully saturated rings. The third kappa shape index (κ3) is 4.25. The van der Waals surface area contributed by atoms with E-state index < -0.39 is 0 Å². The molecule has 0 aromatic heterocycles. The lowest BCUT2D eigenvalue weighted by Crippen LogP contribution is -2.29. The molecule has 0 unspecified atom stereocenters. The molecule has 1 saturated heterocycles. The molecule has 0 saturated carbocycles. The zero-order valence-electron chi connectivity index (χ0n) is 15.5. The van der Waals surface area contributed by atoms with E-state index in [4.69, 9.17) is 0 Å². The highest BCUT2D eigenvalue weighted by molar-refractivity contribution is 8.18. The molecule has 0 aliphatic carbocycles. The standard InChI is InChI=1S/C22H24N2OS/c1-4-14-24-21(25)20(15-17-10-12-18(13-11-17)16(2)3)26-22(24)23-19-8-6-5-7-9-19/h5-13,15-16H,4,14H2,1-3H3/b20-15-,23-22+. The van der Waals surface area contributed by atoms with E-state index in [1.165, 1.54) is 17.3 Å². The van der Waals surface area contributed by atoms with Gasteiger partial charge in [-0.15, -0.1) is 0 Å². The summed E-state index contributed by atoms with van der Waals surface area (Å²) in [5.41, 5.74) is 3.21. The minimum absolute atomic E-state index is 0.0412. The number of benzene rings is 2. The SMILES string of the molecule is CCCN1C(=O)/C(=C/c2ccc(C(C)C)cc2)S/C1=N/c1ccccc1. The van der Waals surface area contributed by atoms with E-state index in [1.54, 1.807) is 4.90 Å². The first-order valence-electron chi connectivity index (χ1n) is 9.03. The van der Waals surface area contributed by atoms with Crippen molar-refractivity contribution in [1.82, 2.24) is 4.90 Å². The molecule has 3 nitrogen and oxygen atoms in total. The van der Waals surface area contributed by atoms with Crippen LogP contribution in [0.4, 0.5) is 5.69 Å².